The molecule has 0 saturated heterocycles. The number of fused-ring (bicyclic) bond motifs is 3. The Morgan fingerprint density at radius 1 is 1.00 bits per heavy atom. The van der Waals surface area contributed by atoms with Crippen molar-refractivity contribution < 1.29 is 4.39 Å². The van der Waals surface area contributed by atoms with Gasteiger partial charge < -0.3 is 0 Å². The summed E-state index contributed by atoms with van der Waals surface area (Å²) in [6.45, 7) is 0. The van der Waals surface area contributed by atoms with Gasteiger partial charge in [-0.15, -0.1) is 0 Å². The molecule has 2 aromatic carbocycles. The SMILES string of the molecule is O=c1c2cnc3c(F)cccc3c2[nH]n1-c1ccccc1. The van der Waals surface area contributed by atoms with Crippen molar-refractivity contribution in [2.45, 2.75) is 0 Å². The molecule has 0 radical (unpaired) electrons. The number of aromatic nitrogens is 3. The molecule has 4 rings (SSSR count). The number of halogens is 1. The second-order valence-corrected chi connectivity index (χ2v) is 4.77. The lowest BCUT2D eigenvalue weighted by Gasteiger charge is -2.00. The van der Waals surface area contributed by atoms with E-state index in [4.69, 9.17) is 0 Å². The van der Waals surface area contributed by atoms with Crippen LogP contribution in [0.3, 0.4) is 0 Å². The van der Waals surface area contributed by atoms with Gasteiger partial charge in [0.1, 0.15) is 11.3 Å². The molecular formula is C16H10FN3O. The molecule has 0 aliphatic rings. The lowest BCUT2D eigenvalue weighted by atomic mass is 10.1. The zero-order valence-corrected chi connectivity index (χ0v) is 10.9. The Kier molecular flexibility index (Phi) is 2.41. The average Bonchev–Trinajstić information content (AvgIpc) is 2.86. The van der Waals surface area contributed by atoms with Crippen molar-refractivity contribution in [3.63, 3.8) is 0 Å². The van der Waals surface area contributed by atoms with Crippen LogP contribution in [0.4, 0.5) is 4.39 Å². The molecule has 2 aromatic heterocycles. The van der Waals surface area contributed by atoms with Crippen molar-refractivity contribution in [2.75, 3.05) is 0 Å². The third-order valence-electron chi connectivity index (χ3n) is 3.52. The Labute approximate surface area is 118 Å². The Hall–Kier alpha value is -2.95. The fraction of sp³-hybridized carbons (Fsp3) is 0. The first-order chi connectivity index (χ1) is 10.3. The number of benzene rings is 2. The molecule has 0 amide bonds. The summed E-state index contributed by atoms with van der Waals surface area (Å²) in [5.41, 5.74) is 1.37. The summed E-state index contributed by atoms with van der Waals surface area (Å²) in [5.74, 6) is -0.400. The van der Waals surface area contributed by atoms with E-state index in [-0.39, 0.29) is 11.1 Å². The van der Waals surface area contributed by atoms with Crippen LogP contribution in [0.15, 0.2) is 59.5 Å². The van der Waals surface area contributed by atoms with E-state index in [2.05, 4.69) is 10.1 Å². The summed E-state index contributed by atoms with van der Waals surface area (Å²) in [6.07, 6.45) is 1.42. The van der Waals surface area contributed by atoms with Gasteiger partial charge in [0.15, 0.2) is 0 Å². The first-order valence-electron chi connectivity index (χ1n) is 6.49. The van der Waals surface area contributed by atoms with Crippen LogP contribution in [0.5, 0.6) is 0 Å². The Morgan fingerprint density at radius 2 is 1.81 bits per heavy atom. The van der Waals surface area contributed by atoms with E-state index in [9.17, 15) is 9.18 Å². The van der Waals surface area contributed by atoms with Gasteiger partial charge in [0.25, 0.3) is 5.56 Å². The van der Waals surface area contributed by atoms with Gasteiger partial charge in [-0.1, -0.05) is 30.3 Å². The minimum Gasteiger partial charge on any atom is -0.290 e. The van der Waals surface area contributed by atoms with Crippen LogP contribution in [0, 0.1) is 5.82 Å². The average molecular weight is 279 g/mol. The predicted octanol–water partition coefficient (Wildman–Crippen LogP) is 3.01. The van der Waals surface area contributed by atoms with E-state index in [1.807, 2.05) is 30.3 Å². The molecule has 0 unspecified atom stereocenters. The second kappa shape index (κ2) is 4.28. The van der Waals surface area contributed by atoms with Crippen LogP contribution in [0.2, 0.25) is 0 Å². The van der Waals surface area contributed by atoms with Crippen LogP contribution in [-0.4, -0.2) is 14.8 Å². The van der Waals surface area contributed by atoms with Gasteiger partial charge in [0, 0.05) is 11.6 Å². The Morgan fingerprint density at radius 3 is 2.62 bits per heavy atom. The van der Waals surface area contributed by atoms with Crippen molar-refractivity contribution in [1.82, 2.24) is 14.8 Å². The fourth-order valence-electron chi connectivity index (χ4n) is 2.51. The lowest BCUT2D eigenvalue weighted by molar-refractivity contribution is 0.637. The van der Waals surface area contributed by atoms with Crippen LogP contribution < -0.4 is 5.56 Å². The molecule has 0 spiro atoms. The normalized spacial score (nSPS) is 11.3. The number of para-hydroxylation sites is 2. The molecule has 4 aromatic rings. The van der Waals surface area contributed by atoms with Crippen molar-refractivity contribution in [2.24, 2.45) is 0 Å². The maximum Gasteiger partial charge on any atom is 0.280 e. The van der Waals surface area contributed by atoms with E-state index < -0.39 is 5.82 Å². The molecule has 102 valence electrons. The van der Waals surface area contributed by atoms with Gasteiger partial charge >= 0.3 is 0 Å². The summed E-state index contributed by atoms with van der Waals surface area (Å²) < 4.78 is 15.2. The minimum absolute atomic E-state index is 0.199. The van der Waals surface area contributed by atoms with Crippen molar-refractivity contribution >= 4 is 21.8 Å². The molecule has 0 aliphatic carbocycles. The third-order valence-corrected chi connectivity index (χ3v) is 3.52. The number of hydrogen-bond acceptors (Lipinski definition) is 2. The van der Waals surface area contributed by atoms with Crippen molar-refractivity contribution in [3.05, 3.63) is 70.9 Å². The van der Waals surface area contributed by atoms with Crippen LogP contribution >= 0.6 is 0 Å². The quantitative estimate of drug-likeness (QED) is 0.582. The molecule has 4 nitrogen and oxygen atoms in total. The molecule has 2 heterocycles. The standard InChI is InChI=1S/C16H10FN3O/c17-13-8-4-7-11-14-12(9-18-15(11)13)16(21)20(19-14)10-5-2-1-3-6-10/h1-9,19H. The van der Waals surface area contributed by atoms with E-state index >= 15 is 0 Å². The molecule has 0 bridgehead atoms. The molecule has 5 heteroatoms. The highest BCUT2D eigenvalue weighted by Crippen LogP contribution is 2.22. The largest absolute Gasteiger partial charge is 0.290 e. The highest BCUT2D eigenvalue weighted by Gasteiger charge is 2.13. The lowest BCUT2D eigenvalue weighted by Crippen LogP contribution is -2.13. The Bertz CT molecular complexity index is 1020. The number of rotatable bonds is 1. The van der Waals surface area contributed by atoms with Gasteiger partial charge in [-0.25, -0.2) is 9.07 Å². The van der Waals surface area contributed by atoms with Crippen molar-refractivity contribution in [3.8, 4) is 5.69 Å². The third kappa shape index (κ3) is 1.67. The zero-order chi connectivity index (χ0) is 14.4. The molecule has 0 saturated carbocycles. The Balaban J connectivity index is 2.13. The van der Waals surface area contributed by atoms with E-state index in [0.29, 0.717) is 16.3 Å². The van der Waals surface area contributed by atoms with Crippen LogP contribution in [0.25, 0.3) is 27.5 Å². The monoisotopic (exact) mass is 279 g/mol. The fourth-order valence-corrected chi connectivity index (χ4v) is 2.51. The first-order valence-corrected chi connectivity index (χ1v) is 6.49. The molecular weight excluding hydrogens is 269 g/mol. The van der Waals surface area contributed by atoms with Gasteiger partial charge in [-0.2, -0.15) is 0 Å². The number of nitrogens with zero attached hydrogens (tertiary/aromatic N) is 2. The number of hydrogen-bond donors (Lipinski definition) is 1. The molecule has 0 atom stereocenters. The predicted molar refractivity (Wildman–Crippen MR) is 79.2 cm³/mol. The summed E-state index contributed by atoms with van der Waals surface area (Å²) in [6, 6.07) is 13.9. The number of aromatic amines is 1. The van der Waals surface area contributed by atoms with E-state index in [1.54, 1.807) is 12.1 Å². The topological polar surface area (TPSA) is 50.7 Å². The highest BCUT2D eigenvalue weighted by atomic mass is 19.1. The van der Waals surface area contributed by atoms with Crippen LogP contribution in [-0.2, 0) is 0 Å². The number of H-pyrrole nitrogens is 1. The summed E-state index contributed by atoms with van der Waals surface area (Å²) in [5, 5.41) is 4.09. The number of pyridine rings is 1. The summed E-state index contributed by atoms with van der Waals surface area (Å²) >= 11 is 0. The molecule has 0 fully saturated rings. The van der Waals surface area contributed by atoms with E-state index in [1.165, 1.54) is 16.9 Å². The molecule has 21 heavy (non-hydrogen) atoms. The highest BCUT2D eigenvalue weighted by molar-refractivity contribution is 6.02. The summed E-state index contributed by atoms with van der Waals surface area (Å²) in [7, 11) is 0. The smallest absolute Gasteiger partial charge is 0.280 e. The second-order valence-electron chi connectivity index (χ2n) is 4.77. The molecule has 1 N–H and O–H groups in total. The first kappa shape index (κ1) is 11.8. The van der Waals surface area contributed by atoms with Gasteiger partial charge in [-0.05, 0) is 18.2 Å². The number of nitrogens with one attached hydrogen (secondary N) is 1. The van der Waals surface area contributed by atoms with Gasteiger partial charge in [-0.3, -0.25) is 14.9 Å². The molecule has 0 aliphatic heterocycles. The van der Waals surface area contributed by atoms with Gasteiger partial charge in [0.05, 0.1) is 16.6 Å². The summed E-state index contributed by atoms with van der Waals surface area (Å²) in [4.78, 5) is 16.5. The maximum atomic E-state index is 13.8. The maximum absolute atomic E-state index is 13.8. The van der Waals surface area contributed by atoms with Crippen LogP contribution in [0.1, 0.15) is 0 Å². The minimum atomic E-state index is -0.400. The van der Waals surface area contributed by atoms with E-state index in [0.717, 1.165) is 5.69 Å². The van der Waals surface area contributed by atoms with Gasteiger partial charge in [0.2, 0.25) is 0 Å². The zero-order valence-electron chi connectivity index (χ0n) is 10.9. The van der Waals surface area contributed by atoms with Crippen molar-refractivity contribution in [1.29, 1.82) is 0 Å².